The molecule has 8 heteroatoms. The first-order chi connectivity index (χ1) is 9.77. The van der Waals surface area contributed by atoms with Crippen molar-refractivity contribution in [2.75, 3.05) is 32.5 Å². The molecule has 1 amide bonds. The van der Waals surface area contributed by atoms with Crippen LogP contribution in [0.15, 0.2) is 17.0 Å². The molecule has 21 heavy (non-hydrogen) atoms. The molecule has 0 aromatic heterocycles. The van der Waals surface area contributed by atoms with Gasteiger partial charge in [0.1, 0.15) is 0 Å². The van der Waals surface area contributed by atoms with E-state index < -0.39 is 15.9 Å². The highest BCUT2D eigenvalue weighted by molar-refractivity contribution is 7.89. The number of carbonyl (C=O) groups excluding carboxylic acids is 1. The molecule has 118 valence electrons. The SMILES string of the molecule is COCCNC(=O)CNS(=O)(=O)c1c(C)cc(N)cc1C. The van der Waals surface area contributed by atoms with Gasteiger partial charge in [0, 0.05) is 19.3 Å². The van der Waals surface area contributed by atoms with Crippen LogP contribution in [0.5, 0.6) is 0 Å². The predicted molar refractivity (Wildman–Crippen MR) is 80.4 cm³/mol. The molecule has 0 saturated heterocycles. The van der Waals surface area contributed by atoms with Gasteiger partial charge in [-0.2, -0.15) is 0 Å². The number of anilines is 1. The van der Waals surface area contributed by atoms with Crippen LogP contribution in [0.2, 0.25) is 0 Å². The van der Waals surface area contributed by atoms with Gasteiger partial charge in [-0.05, 0) is 37.1 Å². The summed E-state index contributed by atoms with van der Waals surface area (Å²) in [6.45, 7) is 3.70. The smallest absolute Gasteiger partial charge is 0.241 e. The summed E-state index contributed by atoms with van der Waals surface area (Å²) in [5.74, 6) is -0.415. The van der Waals surface area contributed by atoms with Crippen molar-refractivity contribution in [3.63, 3.8) is 0 Å². The minimum absolute atomic E-state index is 0.154. The molecule has 0 saturated carbocycles. The molecule has 0 aliphatic carbocycles. The Labute approximate surface area is 124 Å². The third kappa shape index (κ3) is 5.00. The maximum atomic E-state index is 12.3. The molecular weight excluding hydrogens is 294 g/mol. The van der Waals surface area contributed by atoms with Crippen LogP contribution in [0.25, 0.3) is 0 Å². The Morgan fingerprint density at radius 3 is 2.38 bits per heavy atom. The lowest BCUT2D eigenvalue weighted by molar-refractivity contribution is -0.120. The summed E-state index contributed by atoms with van der Waals surface area (Å²) < 4.78 is 31.6. The van der Waals surface area contributed by atoms with E-state index in [2.05, 4.69) is 10.0 Å². The fourth-order valence-electron chi connectivity index (χ4n) is 2.00. The Balaban J connectivity index is 2.77. The van der Waals surface area contributed by atoms with Crippen LogP contribution in [0.1, 0.15) is 11.1 Å². The molecule has 7 nitrogen and oxygen atoms in total. The van der Waals surface area contributed by atoms with Gasteiger partial charge in [0.05, 0.1) is 18.0 Å². The van der Waals surface area contributed by atoms with Gasteiger partial charge in [-0.25, -0.2) is 13.1 Å². The van der Waals surface area contributed by atoms with Gasteiger partial charge in [-0.3, -0.25) is 4.79 Å². The van der Waals surface area contributed by atoms with Crippen molar-refractivity contribution in [1.29, 1.82) is 0 Å². The van der Waals surface area contributed by atoms with E-state index in [0.717, 1.165) is 0 Å². The topological polar surface area (TPSA) is 111 Å². The van der Waals surface area contributed by atoms with Crippen LogP contribution in [-0.4, -0.2) is 41.1 Å². The zero-order valence-corrected chi connectivity index (χ0v) is 13.2. The van der Waals surface area contributed by atoms with E-state index >= 15 is 0 Å². The molecule has 0 heterocycles. The van der Waals surface area contributed by atoms with Crippen LogP contribution >= 0.6 is 0 Å². The largest absolute Gasteiger partial charge is 0.399 e. The first-order valence-corrected chi connectivity index (χ1v) is 7.88. The molecule has 4 N–H and O–H groups in total. The number of benzene rings is 1. The van der Waals surface area contributed by atoms with Gasteiger partial charge in [-0.1, -0.05) is 0 Å². The second-order valence-corrected chi connectivity index (χ2v) is 6.35. The maximum Gasteiger partial charge on any atom is 0.241 e. The van der Waals surface area contributed by atoms with Crippen molar-refractivity contribution < 1.29 is 17.9 Å². The predicted octanol–water partition coefficient (Wildman–Crippen LogP) is -0.0735. The lowest BCUT2D eigenvalue weighted by Crippen LogP contribution is -2.38. The van der Waals surface area contributed by atoms with Crippen LogP contribution in [-0.2, 0) is 19.6 Å². The number of aryl methyl sites for hydroxylation is 2. The number of sulfonamides is 1. The van der Waals surface area contributed by atoms with E-state index in [-0.39, 0.29) is 11.4 Å². The number of carbonyl (C=O) groups is 1. The molecule has 0 unspecified atom stereocenters. The summed E-state index contributed by atoms with van der Waals surface area (Å²) in [4.78, 5) is 11.7. The highest BCUT2D eigenvalue weighted by Crippen LogP contribution is 2.22. The first-order valence-electron chi connectivity index (χ1n) is 6.40. The molecule has 0 bridgehead atoms. The normalized spacial score (nSPS) is 11.4. The summed E-state index contributed by atoms with van der Waals surface area (Å²) >= 11 is 0. The lowest BCUT2D eigenvalue weighted by atomic mass is 10.1. The van der Waals surface area contributed by atoms with Crippen LogP contribution in [0, 0.1) is 13.8 Å². The van der Waals surface area contributed by atoms with Crippen molar-refractivity contribution in [2.24, 2.45) is 0 Å². The molecule has 1 aromatic carbocycles. The highest BCUT2D eigenvalue weighted by atomic mass is 32.2. The Bertz CT molecular complexity index is 591. The van der Waals surface area contributed by atoms with Gasteiger partial charge >= 0.3 is 0 Å². The van der Waals surface area contributed by atoms with Crippen LogP contribution < -0.4 is 15.8 Å². The number of nitrogen functional groups attached to an aromatic ring is 1. The fourth-order valence-corrected chi connectivity index (χ4v) is 3.43. The fraction of sp³-hybridized carbons (Fsp3) is 0.462. The van der Waals surface area contributed by atoms with E-state index in [4.69, 9.17) is 10.5 Å². The van der Waals surface area contributed by atoms with Gasteiger partial charge in [0.25, 0.3) is 0 Å². The van der Waals surface area contributed by atoms with Crippen molar-refractivity contribution in [1.82, 2.24) is 10.0 Å². The maximum absolute atomic E-state index is 12.3. The van der Waals surface area contributed by atoms with E-state index in [9.17, 15) is 13.2 Å². The van der Waals surface area contributed by atoms with Gasteiger partial charge in [0.2, 0.25) is 15.9 Å². The zero-order valence-electron chi connectivity index (χ0n) is 12.4. The molecule has 1 rings (SSSR count). The standard InChI is InChI=1S/C13H21N3O4S/c1-9-6-11(14)7-10(2)13(9)21(18,19)16-8-12(17)15-4-5-20-3/h6-7,16H,4-5,8,14H2,1-3H3,(H,15,17). The molecule has 0 atom stereocenters. The summed E-state index contributed by atoms with van der Waals surface area (Å²) in [5.41, 5.74) is 7.25. The number of hydrogen-bond donors (Lipinski definition) is 3. The minimum Gasteiger partial charge on any atom is -0.399 e. The Morgan fingerprint density at radius 2 is 1.86 bits per heavy atom. The van der Waals surface area contributed by atoms with Crippen LogP contribution in [0.3, 0.4) is 0 Å². The second kappa shape index (κ2) is 7.39. The average molecular weight is 315 g/mol. The third-order valence-corrected chi connectivity index (χ3v) is 4.51. The summed E-state index contributed by atoms with van der Waals surface area (Å²) in [6.07, 6.45) is 0. The number of hydrogen-bond acceptors (Lipinski definition) is 5. The van der Waals surface area contributed by atoms with E-state index in [0.29, 0.717) is 30.0 Å². The molecule has 0 spiro atoms. The summed E-state index contributed by atoms with van der Waals surface area (Å²) in [7, 11) is -2.25. The number of methoxy groups -OCH3 is 1. The van der Waals surface area contributed by atoms with Gasteiger partial charge in [-0.15, -0.1) is 0 Å². The molecule has 0 radical (unpaired) electrons. The third-order valence-electron chi connectivity index (χ3n) is 2.80. The quantitative estimate of drug-likeness (QED) is 0.482. The van der Waals surface area contributed by atoms with E-state index in [1.54, 1.807) is 26.0 Å². The number of ether oxygens (including phenoxy) is 1. The molecule has 0 fully saturated rings. The van der Waals surface area contributed by atoms with Crippen molar-refractivity contribution in [3.8, 4) is 0 Å². The minimum atomic E-state index is -3.76. The number of nitrogens with one attached hydrogen (secondary N) is 2. The van der Waals surface area contributed by atoms with Gasteiger partial charge in [0.15, 0.2) is 0 Å². The zero-order chi connectivity index (χ0) is 16.0. The average Bonchev–Trinajstić information content (AvgIpc) is 2.35. The lowest BCUT2D eigenvalue weighted by Gasteiger charge is -2.13. The Hall–Kier alpha value is -1.64. The second-order valence-electron chi connectivity index (χ2n) is 4.65. The van der Waals surface area contributed by atoms with Crippen LogP contribution in [0.4, 0.5) is 5.69 Å². The van der Waals surface area contributed by atoms with E-state index in [1.807, 2.05) is 0 Å². The molecule has 0 aliphatic rings. The van der Waals surface area contributed by atoms with Crippen molar-refractivity contribution >= 4 is 21.6 Å². The Morgan fingerprint density at radius 1 is 1.29 bits per heavy atom. The highest BCUT2D eigenvalue weighted by Gasteiger charge is 2.20. The van der Waals surface area contributed by atoms with Gasteiger partial charge < -0.3 is 15.8 Å². The first kappa shape index (κ1) is 17.4. The summed E-state index contributed by atoms with van der Waals surface area (Å²) in [5, 5.41) is 2.54. The summed E-state index contributed by atoms with van der Waals surface area (Å²) in [6, 6.07) is 3.17. The molecule has 1 aromatic rings. The van der Waals surface area contributed by atoms with E-state index in [1.165, 1.54) is 7.11 Å². The number of nitrogens with two attached hydrogens (primary N) is 1. The number of rotatable bonds is 7. The Kier molecular flexibility index (Phi) is 6.13. The number of amides is 1. The molecule has 0 aliphatic heterocycles. The monoisotopic (exact) mass is 315 g/mol. The van der Waals surface area contributed by atoms with Crippen molar-refractivity contribution in [2.45, 2.75) is 18.7 Å². The molecular formula is C13H21N3O4S. The van der Waals surface area contributed by atoms with Crippen molar-refractivity contribution in [3.05, 3.63) is 23.3 Å².